The third-order valence-electron chi connectivity index (χ3n) is 2.87. The maximum Gasteiger partial charge on any atom is 0.419 e. The molecule has 1 atom stereocenters. The van der Waals surface area contributed by atoms with Gasteiger partial charge in [0.2, 0.25) is 0 Å². The van der Waals surface area contributed by atoms with Crippen molar-refractivity contribution in [1.29, 1.82) is 0 Å². The number of hydrogen-bond donors (Lipinski definition) is 1. The Kier molecular flexibility index (Phi) is 4.34. The molecule has 1 N–H and O–H groups in total. The van der Waals surface area contributed by atoms with Crippen LogP contribution < -0.4 is 0 Å². The van der Waals surface area contributed by atoms with E-state index in [9.17, 15) is 27.1 Å². The smallest absolute Gasteiger partial charge is 0.384 e. The lowest BCUT2D eigenvalue weighted by molar-refractivity contribution is -0.140. The summed E-state index contributed by atoms with van der Waals surface area (Å²) in [6.07, 6.45) is -6.52. The van der Waals surface area contributed by atoms with Crippen LogP contribution in [-0.2, 0) is 6.18 Å². The average Bonchev–Trinajstić information content (AvgIpc) is 2.37. The second-order valence-corrected chi connectivity index (χ2v) is 5.22. The molecule has 0 amide bonds. The normalized spacial score (nSPS) is 13.3. The van der Waals surface area contributed by atoms with E-state index >= 15 is 0 Å². The number of aliphatic hydroxyl groups excluding tert-OH is 1. The van der Waals surface area contributed by atoms with Gasteiger partial charge in [0.1, 0.15) is 17.7 Å². The Balaban J connectivity index is 2.46. The molecule has 0 aliphatic heterocycles. The zero-order chi connectivity index (χ0) is 15.8. The van der Waals surface area contributed by atoms with Crippen LogP contribution in [0.15, 0.2) is 40.9 Å². The molecule has 7 heteroatoms. The van der Waals surface area contributed by atoms with Crippen molar-refractivity contribution in [3.05, 3.63) is 69.2 Å². The number of halogens is 6. The Morgan fingerprint density at radius 3 is 2.19 bits per heavy atom. The van der Waals surface area contributed by atoms with Gasteiger partial charge in [-0.15, -0.1) is 0 Å². The van der Waals surface area contributed by atoms with Crippen molar-refractivity contribution in [2.45, 2.75) is 12.3 Å². The molecule has 0 bridgehead atoms. The summed E-state index contributed by atoms with van der Waals surface area (Å²) in [4.78, 5) is 0. The first-order chi connectivity index (χ1) is 9.70. The fourth-order valence-electron chi connectivity index (χ4n) is 1.83. The minimum absolute atomic E-state index is 0.196. The predicted octanol–water partition coefficient (Wildman–Crippen LogP) is 4.83. The van der Waals surface area contributed by atoms with Crippen molar-refractivity contribution < 1.29 is 27.1 Å². The molecular formula is C14H8BrF5O. The Labute approximate surface area is 125 Å². The van der Waals surface area contributed by atoms with E-state index in [2.05, 4.69) is 15.9 Å². The van der Waals surface area contributed by atoms with Crippen molar-refractivity contribution >= 4 is 15.9 Å². The summed E-state index contributed by atoms with van der Waals surface area (Å²) in [5.74, 6) is -2.23. The van der Waals surface area contributed by atoms with Gasteiger partial charge in [-0.05, 0) is 29.8 Å². The van der Waals surface area contributed by atoms with E-state index in [4.69, 9.17) is 0 Å². The van der Waals surface area contributed by atoms with Gasteiger partial charge in [0.05, 0.1) is 5.56 Å². The van der Waals surface area contributed by atoms with Crippen LogP contribution in [0, 0.1) is 11.6 Å². The molecule has 1 unspecified atom stereocenters. The highest BCUT2D eigenvalue weighted by atomic mass is 79.9. The number of benzene rings is 2. The number of aliphatic hydroxyl groups is 1. The van der Waals surface area contributed by atoms with Crippen molar-refractivity contribution in [3.8, 4) is 0 Å². The molecule has 0 saturated carbocycles. The minimum atomic E-state index is -4.89. The second-order valence-electron chi connectivity index (χ2n) is 4.31. The summed E-state index contributed by atoms with van der Waals surface area (Å²) in [6.45, 7) is 0. The summed E-state index contributed by atoms with van der Waals surface area (Å²) >= 11 is 3.03. The summed E-state index contributed by atoms with van der Waals surface area (Å²) in [7, 11) is 0. The molecule has 0 heterocycles. The maximum absolute atomic E-state index is 13.7. The highest BCUT2D eigenvalue weighted by Gasteiger charge is 2.34. The van der Waals surface area contributed by atoms with E-state index in [0.29, 0.717) is 16.6 Å². The summed E-state index contributed by atoms with van der Waals surface area (Å²) in [6, 6.07) is 5.81. The Bertz CT molecular complexity index is 669. The maximum atomic E-state index is 13.7. The first kappa shape index (κ1) is 15.9. The molecule has 0 spiro atoms. The van der Waals surface area contributed by atoms with Crippen LogP contribution in [0.3, 0.4) is 0 Å². The molecular weight excluding hydrogens is 359 g/mol. The quantitative estimate of drug-likeness (QED) is 0.755. The topological polar surface area (TPSA) is 20.2 Å². The van der Waals surface area contributed by atoms with Crippen LogP contribution in [0.4, 0.5) is 22.0 Å². The molecule has 1 nitrogen and oxygen atoms in total. The van der Waals surface area contributed by atoms with Gasteiger partial charge in [0, 0.05) is 10.0 Å². The number of rotatable bonds is 2. The monoisotopic (exact) mass is 366 g/mol. The molecule has 0 aliphatic rings. The van der Waals surface area contributed by atoms with Crippen molar-refractivity contribution in [1.82, 2.24) is 0 Å². The van der Waals surface area contributed by atoms with Crippen LogP contribution in [0.1, 0.15) is 22.8 Å². The predicted molar refractivity (Wildman–Crippen MR) is 69.6 cm³/mol. The molecule has 0 aromatic heterocycles. The molecule has 21 heavy (non-hydrogen) atoms. The van der Waals surface area contributed by atoms with Crippen LogP contribution >= 0.6 is 15.9 Å². The molecule has 0 fully saturated rings. The van der Waals surface area contributed by atoms with Gasteiger partial charge in [0.25, 0.3) is 0 Å². The standard InChI is InChI=1S/C14H8BrF5O/c15-8-2-3-9(12(17)6-8)13(21)7-1-4-11(16)10(5-7)14(18,19)20/h1-6,13,21H. The highest BCUT2D eigenvalue weighted by Crippen LogP contribution is 2.34. The van der Waals surface area contributed by atoms with E-state index in [-0.39, 0.29) is 11.1 Å². The van der Waals surface area contributed by atoms with Gasteiger partial charge in [-0.3, -0.25) is 0 Å². The largest absolute Gasteiger partial charge is 0.419 e. The lowest BCUT2D eigenvalue weighted by Crippen LogP contribution is -2.11. The fourth-order valence-corrected chi connectivity index (χ4v) is 2.17. The Hall–Kier alpha value is -1.47. The minimum Gasteiger partial charge on any atom is -0.384 e. The fraction of sp³-hybridized carbons (Fsp3) is 0.143. The lowest BCUT2D eigenvalue weighted by atomic mass is 9.99. The third-order valence-corrected chi connectivity index (χ3v) is 3.36. The first-order valence-electron chi connectivity index (χ1n) is 5.70. The second kappa shape index (κ2) is 5.73. The van der Waals surface area contributed by atoms with Gasteiger partial charge < -0.3 is 5.11 Å². The molecule has 2 rings (SSSR count). The van der Waals surface area contributed by atoms with Crippen LogP contribution in [-0.4, -0.2) is 5.11 Å². The van der Waals surface area contributed by atoms with Crippen LogP contribution in [0.5, 0.6) is 0 Å². The average molecular weight is 367 g/mol. The summed E-state index contributed by atoms with van der Waals surface area (Å²) in [5.41, 5.74) is -1.94. The van der Waals surface area contributed by atoms with Crippen LogP contribution in [0.25, 0.3) is 0 Å². The SMILES string of the molecule is OC(c1ccc(F)c(C(F)(F)F)c1)c1ccc(Br)cc1F. The number of hydrogen-bond acceptors (Lipinski definition) is 1. The van der Waals surface area contributed by atoms with Gasteiger partial charge in [0.15, 0.2) is 0 Å². The van der Waals surface area contributed by atoms with Gasteiger partial charge in [-0.1, -0.05) is 28.1 Å². The van der Waals surface area contributed by atoms with Gasteiger partial charge in [-0.25, -0.2) is 8.78 Å². The molecule has 2 aromatic rings. The van der Waals surface area contributed by atoms with E-state index in [1.807, 2.05) is 0 Å². The van der Waals surface area contributed by atoms with Crippen molar-refractivity contribution in [3.63, 3.8) is 0 Å². The molecule has 112 valence electrons. The molecule has 2 aromatic carbocycles. The third kappa shape index (κ3) is 3.41. The summed E-state index contributed by atoms with van der Waals surface area (Å²) < 4.78 is 65.2. The number of alkyl halides is 3. The van der Waals surface area contributed by atoms with E-state index in [0.717, 1.165) is 12.1 Å². The molecule has 0 radical (unpaired) electrons. The van der Waals surface area contributed by atoms with E-state index < -0.39 is 29.5 Å². The molecule has 0 saturated heterocycles. The Morgan fingerprint density at radius 2 is 1.62 bits per heavy atom. The first-order valence-corrected chi connectivity index (χ1v) is 6.49. The van der Waals surface area contributed by atoms with Gasteiger partial charge >= 0.3 is 6.18 Å². The zero-order valence-electron chi connectivity index (χ0n) is 10.3. The lowest BCUT2D eigenvalue weighted by Gasteiger charge is -2.15. The Morgan fingerprint density at radius 1 is 0.952 bits per heavy atom. The van der Waals surface area contributed by atoms with Crippen LogP contribution in [0.2, 0.25) is 0 Å². The van der Waals surface area contributed by atoms with E-state index in [1.165, 1.54) is 12.1 Å². The van der Waals surface area contributed by atoms with E-state index in [1.54, 1.807) is 0 Å². The van der Waals surface area contributed by atoms with Gasteiger partial charge in [-0.2, -0.15) is 13.2 Å². The zero-order valence-corrected chi connectivity index (χ0v) is 11.8. The van der Waals surface area contributed by atoms with Crippen molar-refractivity contribution in [2.75, 3.05) is 0 Å². The van der Waals surface area contributed by atoms with Crippen molar-refractivity contribution in [2.24, 2.45) is 0 Å². The molecule has 0 aliphatic carbocycles. The highest BCUT2D eigenvalue weighted by molar-refractivity contribution is 9.10. The summed E-state index contributed by atoms with van der Waals surface area (Å²) in [5, 5.41) is 10.00.